The lowest BCUT2D eigenvalue weighted by Gasteiger charge is -2.12. The fourth-order valence-electron chi connectivity index (χ4n) is 3.02. The van der Waals surface area contributed by atoms with Gasteiger partial charge in [-0.05, 0) is 41.8 Å². The Morgan fingerprint density at radius 1 is 1.07 bits per heavy atom. The van der Waals surface area contributed by atoms with Gasteiger partial charge in [0.15, 0.2) is 22.4 Å². The second-order valence-corrected chi connectivity index (χ2v) is 8.13. The quantitative estimate of drug-likeness (QED) is 0.241. The van der Waals surface area contributed by atoms with Crippen LogP contribution in [0.2, 0.25) is 0 Å². The normalized spacial score (nSPS) is 10.9. The van der Waals surface area contributed by atoms with Gasteiger partial charge < -0.3 is 9.47 Å². The smallest absolute Gasteiger partial charge is 0.267 e. The summed E-state index contributed by atoms with van der Waals surface area (Å²) in [6.45, 7) is 0. The molecule has 0 saturated heterocycles. The number of thiophene rings is 1. The fourth-order valence-corrected chi connectivity index (χ4v) is 4.73. The number of ether oxygens (including phenoxy) is 2. The maximum Gasteiger partial charge on any atom is 0.267 e. The molecular formula is C22H18N2O4S2. The molecule has 152 valence electrons. The molecule has 0 atom stereocenters. The van der Waals surface area contributed by atoms with Crippen molar-refractivity contribution in [1.29, 1.82) is 0 Å². The van der Waals surface area contributed by atoms with Crippen molar-refractivity contribution in [1.82, 2.24) is 9.55 Å². The number of rotatable bonds is 7. The molecule has 0 spiro atoms. The number of methoxy groups -OCH3 is 2. The number of thioether (sulfide) groups is 1. The number of hydrogen-bond donors (Lipinski definition) is 0. The minimum Gasteiger partial charge on any atom is -0.493 e. The standard InChI is InChI=1S/C22H18N2O4S2/c1-27-18-9-8-14(12-19(18)28-2)17(25)13-30-22-23-20-16(10-11-29-20)21(26)24(22)15-6-4-3-5-7-15/h3-12H,13H2,1-2H3. The predicted octanol–water partition coefficient (Wildman–Crippen LogP) is 4.44. The number of Topliss-reactive ketones (excluding diaryl/α,β-unsaturated/α-hetero) is 1. The Morgan fingerprint density at radius 2 is 1.83 bits per heavy atom. The van der Waals surface area contributed by atoms with Crippen LogP contribution in [0, 0.1) is 0 Å². The van der Waals surface area contributed by atoms with Crippen LogP contribution in [-0.4, -0.2) is 35.3 Å². The number of carbonyl (C=O) groups is 1. The summed E-state index contributed by atoms with van der Waals surface area (Å²) in [5.74, 6) is 1.09. The number of ketones is 1. The van der Waals surface area contributed by atoms with Crippen molar-refractivity contribution < 1.29 is 14.3 Å². The second-order valence-electron chi connectivity index (χ2n) is 6.29. The van der Waals surface area contributed by atoms with E-state index in [1.54, 1.807) is 35.9 Å². The van der Waals surface area contributed by atoms with Crippen molar-refractivity contribution >= 4 is 39.1 Å². The summed E-state index contributed by atoms with van der Waals surface area (Å²) in [7, 11) is 3.07. The molecule has 0 bridgehead atoms. The highest BCUT2D eigenvalue weighted by Crippen LogP contribution is 2.29. The van der Waals surface area contributed by atoms with Crippen molar-refractivity contribution in [2.24, 2.45) is 0 Å². The van der Waals surface area contributed by atoms with Gasteiger partial charge in [0, 0.05) is 5.56 Å². The van der Waals surface area contributed by atoms with E-state index in [4.69, 9.17) is 9.47 Å². The molecule has 0 unspecified atom stereocenters. The number of nitrogens with zero attached hydrogens (tertiary/aromatic N) is 2. The lowest BCUT2D eigenvalue weighted by atomic mass is 10.1. The van der Waals surface area contributed by atoms with Crippen LogP contribution < -0.4 is 15.0 Å². The van der Waals surface area contributed by atoms with Crippen molar-refractivity contribution in [3.05, 3.63) is 75.9 Å². The van der Waals surface area contributed by atoms with Gasteiger partial charge in [-0.1, -0.05) is 30.0 Å². The van der Waals surface area contributed by atoms with Crippen LogP contribution in [0.3, 0.4) is 0 Å². The van der Waals surface area contributed by atoms with Gasteiger partial charge in [0.05, 0.1) is 31.0 Å². The highest BCUT2D eigenvalue weighted by atomic mass is 32.2. The Morgan fingerprint density at radius 3 is 2.57 bits per heavy atom. The van der Waals surface area contributed by atoms with Gasteiger partial charge >= 0.3 is 0 Å². The third-order valence-corrected chi connectivity index (χ3v) is 6.26. The zero-order valence-corrected chi connectivity index (χ0v) is 18.0. The topological polar surface area (TPSA) is 70.4 Å². The van der Waals surface area contributed by atoms with Crippen molar-refractivity contribution in [3.8, 4) is 17.2 Å². The Labute approximate surface area is 181 Å². The number of benzene rings is 2. The fraction of sp³-hybridized carbons (Fsp3) is 0.136. The van der Waals surface area contributed by atoms with Gasteiger partial charge in [-0.25, -0.2) is 4.98 Å². The van der Waals surface area contributed by atoms with Crippen LogP contribution in [0.5, 0.6) is 11.5 Å². The highest BCUT2D eigenvalue weighted by molar-refractivity contribution is 7.99. The van der Waals surface area contributed by atoms with Crippen molar-refractivity contribution in [3.63, 3.8) is 0 Å². The average Bonchev–Trinajstić information content (AvgIpc) is 3.26. The minimum atomic E-state index is -0.145. The van der Waals surface area contributed by atoms with Crippen molar-refractivity contribution in [2.45, 2.75) is 5.16 Å². The van der Waals surface area contributed by atoms with Gasteiger partial charge in [-0.15, -0.1) is 11.3 Å². The Bertz CT molecular complexity index is 1270. The molecule has 0 N–H and O–H groups in total. The lowest BCUT2D eigenvalue weighted by Crippen LogP contribution is -2.21. The predicted molar refractivity (Wildman–Crippen MR) is 120 cm³/mol. The molecule has 2 aromatic heterocycles. The maximum atomic E-state index is 13.1. The van der Waals surface area contributed by atoms with Crippen molar-refractivity contribution in [2.75, 3.05) is 20.0 Å². The third-order valence-electron chi connectivity index (χ3n) is 4.52. The van der Waals surface area contributed by atoms with E-state index >= 15 is 0 Å². The second kappa shape index (κ2) is 8.73. The molecule has 0 radical (unpaired) electrons. The molecule has 0 fully saturated rings. The summed E-state index contributed by atoms with van der Waals surface area (Å²) in [5.41, 5.74) is 1.07. The van der Waals surface area contributed by atoms with E-state index in [2.05, 4.69) is 4.98 Å². The van der Waals surface area contributed by atoms with E-state index in [9.17, 15) is 9.59 Å². The minimum absolute atomic E-state index is 0.0962. The Kier molecular flexibility index (Phi) is 5.87. The van der Waals surface area contributed by atoms with E-state index in [1.165, 1.54) is 30.2 Å². The molecule has 6 nitrogen and oxygen atoms in total. The Hall–Kier alpha value is -3.10. The molecule has 0 aliphatic carbocycles. The molecule has 0 aliphatic heterocycles. The molecule has 4 aromatic rings. The zero-order valence-electron chi connectivity index (χ0n) is 16.3. The molecule has 8 heteroatoms. The van der Waals surface area contributed by atoms with Gasteiger partial charge in [0.25, 0.3) is 5.56 Å². The largest absolute Gasteiger partial charge is 0.493 e. The summed E-state index contributed by atoms with van der Waals surface area (Å²) in [6, 6.07) is 16.1. The average molecular weight is 439 g/mol. The van der Waals surface area contributed by atoms with Gasteiger partial charge in [0.2, 0.25) is 0 Å². The van der Waals surface area contributed by atoms with E-state index in [0.29, 0.717) is 38.1 Å². The molecule has 30 heavy (non-hydrogen) atoms. The maximum absolute atomic E-state index is 13.1. The summed E-state index contributed by atoms with van der Waals surface area (Å²) >= 11 is 2.64. The first-order valence-electron chi connectivity index (χ1n) is 9.06. The van der Waals surface area contributed by atoms with E-state index in [0.717, 1.165) is 0 Å². The molecular weight excluding hydrogens is 420 g/mol. The highest BCUT2D eigenvalue weighted by Gasteiger charge is 2.17. The van der Waals surface area contributed by atoms with Crippen LogP contribution >= 0.6 is 23.1 Å². The monoisotopic (exact) mass is 438 g/mol. The number of para-hydroxylation sites is 1. The van der Waals surface area contributed by atoms with Crippen LogP contribution in [0.1, 0.15) is 10.4 Å². The molecule has 0 amide bonds. The lowest BCUT2D eigenvalue weighted by molar-refractivity contribution is 0.102. The van der Waals surface area contributed by atoms with E-state index in [1.807, 2.05) is 35.7 Å². The molecule has 2 aromatic carbocycles. The number of hydrogen-bond acceptors (Lipinski definition) is 7. The number of fused-ring (bicyclic) bond motifs is 1. The van der Waals surface area contributed by atoms with E-state index < -0.39 is 0 Å². The number of aromatic nitrogens is 2. The first-order valence-corrected chi connectivity index (χ1v) is 10.9. The summed E-state index contributed by atoms with van der Waals surface area (Å²) < 4.78 is 12.1. The van der Waals surface area contributed by atoms with Crippen LogP contribution in [0.4, 0.5) is 0 Å². The summed E-state index contributed by atoms with van der Waals surface area (Å²) in [6.07, 6.45) is 0. The van der Waals surface area contributed by atoms with Gasteiger partial charge in [-0.3, -0.25) is 14.2 Å². The Balaban J connectivity index is 1.67. The van der Waals surface area contributed by atoms with Crippen LogP contribution in [0.15, 0.2) is 69.9 Å². The number of carbonyl (C=O) groups excluding carboxylic acids is 1. The first-order chi connectivity index (χ1) is 14.6. The summed E-state index contributed by atoms with van der Waals surface area (Å²) in [4.78, 5) is 31.2. The molecule has 2 heterocycles. The molecule has 0 aliphatic rings. The first kappa shape index (κ1) is 20.2. The SMILES string of the molecule is COc1ccc(C(=O)CSc2nc3sccc3c(=O)n2-c2ccccc2)cc1OC. The zero-order chi connectivity index (χ0) is 21.1. The third kappa shape index (κ3) is 3.83. The van der Waals surface area contributed by atoms with E-state index in [-0.39, 0.29) is 17.1 Å². The molecule has 4 rings (SSSR count). The van der Waals surface area contributed by atoms with Gasteiger partial charge in [-0.2, -0.15) is 0 Å². The van der Waals surface area contributed by atoms with Gasteiger partial charge in [0.1, 0.15) is 4.83 Å². The summed E-state index contributed by atoms with van der Waals surface area (Å²) in [5, 5.41) is 2.90. The van der Waals surface area contributed by atoms with Crippen LogP contribution in [-0.2, 0) is 0 Å². The van der Waals surface area contributed by atoms with Crippen LogP contribution in [0.25, 0.3) is 15.9 Å². The molecule has 0 saturated carbocycles.